The van der Waals surface area contributed by atoms with Gasteiger partial charge in [-0.3, -0.25) is 0 Å². The van der Waals surface area contributed by atoms with Gasteiger partial charge in [0.15, 0.2) is 0 Å². The molecule has 2 aromatic rings. The van der Waals surface area contributed by atoms with E-state index in [0.29, 0.717) is 6.04 Å². The summed E-state index contributed by atoms with van der Waals surface area (Å²) in [4.78, 5) is 2.71. The maximum absolute atomic E-state index is 13.7. The van der Waals surface area contributed by atoms with Crippen LogP contribution in [0.5, 0.6) is 0 Å². The van der Waals surface area contributed by atoms with Gasteiger partial charge >= 0.3 is 0 Å². The Morgan fingerprint density at radius 2 is 1.89 bits per heavy atom. The van der Waals surface area contributed by atoms with Gasteiger partial charge < -0.3 is 5.32 Å². The van der Waals surface area contributed by atoms with Crippen LogP contribution in [0.1, 0.15) is 35.2 Å². The van der Waals surface area contributed by atoms with E-state index in [-0.39, 0.29) is 11.9 Å². The fraction of sp³-hybridized carbons (Fsp3) is 0.375. The van der Waals surface area contributed by atoms with E-state index in [2.05, 4.69) is 31.3 Å². The summed E-state index contributed by atoms with van der Waals surface area (Å²) in [6, 6.07) is 11.6. The fourth-order valence-electron chi connectivity index (χ4n) is 2.30. The molecule has 0 spiro atoms. The average Bonchev–Trinajstić information content (AvgIpc) is 2.74. The minimum atomic E-state index is -0.137. The molecule has 0 amide bonds. The number of aryl methyl sites for hydroxylation is 1. The topological polar surface area (TPSA) is 12.0 Å². The summed E-state index contributed by atoms with van der Waals surface area (Å²) in [5.41, 5.74) is 0.733. The van der Waals surface area contributed by atoms with Gasteiger partial charge in [0.05, 0.1) is 0 Å². The first-order chi connectivity index (χ1) is 9.06. The molecule has 3 heteroatoms. The highest BCUT2D eigenvalue weighted by Crippen LogP contribution is 2.20. The Morgan fingerprint density at radius 3 is 2.53 bits per heavy atom. The van der Waals surface area contributed by atoms with Crippen LogP contribution in [0.4, 0.5) is 4.39 Å². The highest BCUT2D eigenvalue weighted by Gasteiger charge is 2.13. The fourth-order valence-corrected chi connectivity index (χ4v) is 3.32. The standard InChI is InChI=1S/C16H20FNS/c1-11(10-14-9-8-12(2)19-14)18-13(3)15-6-4-5-7-16(15)17/h4-9,11,13,18H,10H2,1-3H3. The predicted octanol–water partition coefficient (Wildman–Crippen LogP) is 4.48. The Hall–Kier alpha value is -1.19. The Balaban J connectivity index is 1.95. The highest BCUT2D eigenvalue weighted by molar-refractivity contribution is 7.11. The first kappa shape index (κ1) is 14.2. The van der Waals surface area contributed by atoms with Crippen molar-refractivity contribution in [2.45, 2.75) is 39.3 Å². The number of hydrogen-bond donors (Lipinski definition) is 1. The summed E-state index contributed by atoms with van der Waals surface area (Å²) in [5, 5.41) is 3.46. The van der Waals surface area contributed by atoms with E-state index in [0.717, 1.165) is 12.0 Å². The van der Waals surface area contributed by atoms with Crippen LogP contribution in [0, 0.1) is 12.7 Å². The minimum absolute atomic E-state index is 0.0252. The molecule has 0 aliphatic heterocycles. The van der Waals surface area contributed by atoms with Gasteiger partial charge in [-0.15, -0.1) is 11.3 Å². The van der Waals surface area contributed by atoms with Crippen LogP contribution in [0.25, 0.3) is 0 Å². The van der Waals surface area contributed by atoms with Gasteiger partial charge in [-0.05, 0) is 45.4 Å². The van der Waals surface area contributed by atoms with E-state index >= 15 is 0 Å². The van der Waals surface area contributed by atoms with Crippen LogP contribution in [-0.4, -0.2) is 6.04 Å². The molecule has 0 radical (unpaired) electrons. The van der Waals surface area contributed by atoms with Crippen LogP contribution in [0.3, 0.4) is 0 Å². The zero-order valence-electron chi connectivity index (χ0n) is 11.6. The van der Waals surface area contributed by atoms with E-state index in [1.165, 1.54) is 15.8 Å². The van der Waals surface area contributed by atoms with Crippen molar-refractivity contribution >= 4 is 11.3 Å². The van der Waals surface area contributed by atoms with Crippen LogP contribution in [0.15, 0.2) is 36.4 Å². The second kappa shape index (κ2) is 6.31. The van der Waals surface area contributed by atoms with Gasteiger partial charge in [0.25, 0.3) is 0 Å². The predicted molar refractivity (Wildman–Crippen MR) is 80.2 cm³/mol. The molecule has 1 nitrogen and oxygen atoms in total. The third-order valence-electron chi connectivity index (χ3n) is 3.21. The quantitative estimate of drug-likeness (QED) is 0.850. The molecule has 19 heavy (non-hydrogen) atoms. The van der Waals surface area contributed by atoms with E-state index in [1.807, 2.05) is 30.4 Å². The van der Waals surface area contributed by atoms with E-state index in [1.54, 1.807) is 6.07 Å². The monoisotopic (exact) mass is 277 g/mol. The summed E-state index contributed by atoms with van der Waals surface area (Å²) >= 11 is 1.83. The van der Waals surface area contributed by atoms with Gasteiger partial charge in [0.1, 0.15) is 5.82 Å². The minimum Gasteiger partial charge on any atom is -0.307 e. The van der Waals surface area contributed by atoms with Crippen molar-refractivity contribution in [3.63, 3.8) is 0 Å². The van der Waals surface area contributed by atoms with E-state index < -0.39 is 0 Å². The normalized spacial score (nSPS) is 14.3. The molecule has 2 rings (SSSR count). The van der Waals surface area contributed by atoms with Gasteiger partial charge in [-0.25, -0.2) is 4.39 Å². The number of hydrogen-bond acceptors (Lipinski definition) is 2. The van der Waals surface area contributed by atoms with Crippen molar-refractivity contribution in [3.8, 4) is 0 Å². The molecule has 0 bridgehead atoms. The number of rotatable bonds is 5. The van der Waals surface area contributed by atoms with Crippen molar-refractivity contribution in [2.75, 3.05) is 0 Å². The molecular weight excluding hydrogens is 257 g/mol. The molecule has 102 valence electrons. The first-order valence-electron chi connectivity index (χ1n) is 6.62. The van der Waals surface area contributed by atoms with Crippen molar-refractivity contribution in [1.82, 2.24) is 5.32 Å². The molecule has 1 aromatic heterocycles. The Morgan fingerprint density at radius 1 is 1.16 bits per heavy atom. The lowest BCUT2D eigenvalue weighted by Gasteiger charge is -2.20. The third kappa shape index (κ3) is 3.88. The Labute approximate surface area is 118 Å². The zero-order valence-corrected chi connectivity index (χ0v) is 12.4. The molecule has 0 aliphatic carbocycles. The van der Waals surface area contributed by atoms with Crippen molar-refractivity contribution in [1.29, 1.82) is 0 Å². The van der Waals surface area contributed by atoms with Gasteiger partial charge in [-0.1, -0.05) is 18.2 Å². The largest absolute Gasteiger partial charge is 0.307 e. The molecule has 1 heterocycles. The number of thiophene rings is 1. The van der Waals surface area contributed by atoms with Crippen LogP contribution < -0.4 is 5.32 Å². The maximum atomic E-state index is 13.7. The van der Waals surface area contributed by atoms with Crippen LogP contribution >= 0.6 is 11.3 Å². The lowest BCUT2D eigenvalue weighted by molar-refractivity contribution is 0.462. The summed E-state index contributed by atoms with van der Waals surface area (Å²) < 4.78 is 13.7. The van der Waals surface area contributed by atoms with Gasteiger partial charge in [-0.2, -0.15) is 0 Å². The van der Waals surface area contributed by atoms with Gasteiger partial charge in [0.2, 0.25) is 0 Å². The molecule has 0 fully saturated rings. The van der Waals surface area contributed by atoms with Crippen molar-refractivity contribution in [3.05, 3.63) is 57.5 Å². The Bertz CT molecular complexity index is 535. The molecular formula is C16H20FNS. The SMILES string of the molecule is Cc1ccc(CC(C)NC(C)c2ccccc2F)s1. The summed E-state index contributed by atoms with van der Waals surface area (Å²) in [6.07, 6.45) is 0.983. The lowest BCUT2D eigenvalue weighted by Crippen LogP contribution is -2.30. The van der Waals surface area contributed by atoms with E-state index in [4.69, 9.17) is 0 Å². The Kier molecular flexibility index (Phi) is 4.72. The zero-order chi connectivity index (χ0) is 13.8. The number of nitrogens with one attached hydrogen (secondary N) is 1. The molecule has 1 aromatic carbocycles. The molecule has 2 atom stereocenters. The van der Waals surface area contributed by atoms with Crippen molar-refractivity contribution in [2.24, 2.45) is 0 Å². The summed E-state index contributed by atoms with van der Waals surface area (Å²) in [6.45, 7) is 6.27. The highest BCUT2D eigenvalue weighted by atomic mass is 32.1. The molecule has 2 unspecified atom stereocenters. The second-order valence-corrected chi connectivity index (χ2v) is 6.40. The lowest BCUT2D eigenvalue weighted by atomic mass is 10.1. The molecule has 0 saturated heterocycles. The number of halogens is 1. The second-order valence-electron chi connectivity index (χ2n) is 5.03. The molecule has 0 aliphatic rings. The third-order valence-corrected chi connectivity index (χ3v) is 4.23. The smallest absolute Gasteiger partial charge is 0.127 e. The first-order valence-corrected chi connectivity index (χ1v) is 7.43. The average molecular weight is 277 g/mol. The van der Waals surface area contributed by atoms with E-state index in [9.17, 15) is 4.39 Å². The van der Waals surface area contributed by atoms with Crippen LogP contribution in [0.2, 0.25) is 0 Å². The molecule has 1 N–H and O–H groups in total. The van der Waals surface area contributed by atoms with Gasteiger partial charge in [0, 0.05) is 27.4 Å². The summed E-state index contributed by atoms with van der Waals surface area (Å²) in [5.74, 6) is -0.137. The summed E-state index contributed by atoms with van der Waals surface area (Å²) in [7, 11) is 0. The molecule has 0 saturated carbocycles. The van der Waals surface area contributed by atoms with Crippen molar-refractivity contribution < 1.29 is 4.39 Å². The maximum Gasteiger partial charge on any atom is 0.127 e. The van der Waals surface area contributed by atoms with Crippen LogP contribution in [-0.2, 0) is 6.42 Å². The number of benzene rings is 1.